The highest BCUT2D eigenvalue weighted by Gasteiger charge is 2.09. The molecule has 0 bridgehead atoms. The van der Waals surface area contributed by atoms with Gasteiger partial charge in [-0.3, -0.25) is 4.79 Å². The number of methoxy groups -OCH3 is 1. The van der Waals surface area contributed by atoms with E-state index in [0.29, 0.717) is 11.4 Å². The summed E-state index contributed by atoms with van der Waals surface area (Å²) in [5, 5.41) is 12.1. The third-order valence-corrected chi connectivity index (χ3v) is 4.04. The van der Waals surface area contributed by atoms with Gasteiger partial charge in [0.1, 0.15) is 17.4 Å². The minimum Gasteiger partial charge on any atom is -0.497 e. The van der Waals surface area contributed by atoms with E-state index >= 15 is 0 Å². The van der Waals surface area contributed by atoms with Crippen molar-refractivity contribution in [1.29, 1.82) is 5.26 Å². The Morgan fingerprint density at radius 3 is 2.15 bits per heavy atom. The van der Waals surface area contributed by atoms with Crippen LogP contribution < -0.4 is 10.1 Å². The summed E-state index contributed by atoms with van der Waals surface area (Å²) in [5.74, 6) is 0.248. The van der Waals surface area contributed by atoms with Gasteiger partial charge in [-0.05, 0) is 47.0 Å². The van der Waals surface area contributed by atoms with E-state index in [0.717, 1.165) is 16.7 Å². The van der Waals surface area contributed by atoms with E-state index in [1.807, 2.05) is 60.7 Å². The summed E-state index contributed by atoms with van der Waals surface area (Å²) in [4.78, 5) is 12.4. The first-order valence-corrected chi connectivity index (χ1v) is 8.42. The van der Waals surface area contributed by atoms with Gasteiger partial charge in [0.15, 0.2) is 0 Å². The second-order valence-corrected chi connectivity index (χ2v) is 5.84. The van der Waals surface area contributed by atoms with Crippen LogP contribution >= 0.6 is 0 Å². The summed E-state index contributed by atoms with van der Waals surface area (Å²) in [6.07, 6.45) is 1.58. The van der Waals surface area contributed by atoms with Crippen LogP contribution in [0.3, 0.4) is 0 Å². The third kappa shape index (κ3) is 4.62. The molecule has 1 N–H and O–H groups in total. The van der Waals surface area contributed by atoms with Crippen LogP contribution in [0.15, 0.2) is 84.4 Å². The number of hydrogen-bond acceptors (Lipinski definition) is 3. The highest BCUT2D eigenvalue weighted by molar-refractivity contribution is 6.09. The van der Waals surface area contributed by atoms with Crippen LogP contribution in [0.5, 0.6) is 5.75 Å². The molecule has 0 atom stereocenters. The van der Waals surface area contributed by atoms with Crippen LogP contribution in [0.25, 0.3) is 17.2 Å². The fourth-order valence-electron chi connectivity index (χ4n) is 2.59. The van der Waals surface area contributed by atoms with Crippen LogP contribution in [0, 0.1) is 11.3 Å². The molecule has 0 aliphatic heterocycles. The molecule has 0 heterocycles. The molecule has 4 nitrogen and oxygen atoms in total. The van der Waals surface area contributed by atoms with Gasteiger partial charge in [-0.25, -0.2) is 0 Å². The Morgan fingerprint density at radius 1 is 0.926 bits per heavy atom. The second-order valence-electron chi connectivity index (χ2n) is 5.84. The van der Waals surface area contributed by atoms with Gasteiger partial charge in [-0.1, -0.05) is 54.6 Å². The van der Waals surface area contributed by atoms with Gasteiger partial charge in [0, 0.05) is 5.69 Å². The number of ether oxygens (including phenoxy) is 1. The van der Waals surface area contributed by atoms with Crippen molar-refractivity contribution in [2.75, 3.05) is 12.4 Å². The fraction of sp³-hybridized carbons (Fsp3) is 0.0435. The van der Waals surface area contributed by atoms with Crippen molar-refractivity contribution in [1.82, 2.24) is 0 Å². The topological polar surface area (TPSA) is 62.1 Å². The Morgan fingerprint density at radius 2 is 1.56 bits per heavy atom. The Labute approximate surface area is 158 Å². The van der Waals surface area contributed by atoms with E-state index < -0.39 is 5.91 Å². The number of carbonyl (C=O) groups is 1. The summed E-state index contributed by atoms with van der Waals surface area (Å²) in [6.45, 7) is 0. The molecule has 3 rings (SSSR count). The Balaban J connectivity index is 1.75. The van der Waals surface area contributed by atoms with E-state index in [2.05, 4.69) is 5.32 Å². The number of benzene rings is 3. The number of nitrogens with zero attached hydrogens (tertiary/aromatic N) is 1. The Kier molecular flexibility index (Phi) is 5.66. The average Bonchev–Trinajstić information content (AvgIpc) is 2.73. The first-order valence-electron chi connectivity index (χ1n) is 8.42. The smallest absolute Gasteiger partial charge is 0.266 e. The lowest BCUT2D eigenvalue weighted by Crippen LogP contribution is -2.13. The molecule has 0 saturated heterocycles. The quantitative estimate of drug-likeness (QED) is 0.523. The molecular weight excluding hydrogens is 336 g/mol. The molecule has 3 aromatic rings. The molecular formula is C23H18N2O2. The first kappa shape index (κ1) is 18.0. The lowest BCUT2D eigenvalue weighted by molar-refractivity contribution is -0.112. The van der Waals surface area contributed by atoms with Gasteiger partial charge in [0.2, 0.25) is 0 Å². The van der Waals surface area contributed by atoms with Crippen LogP contribution in [0.4, 0.5) is 5.69 Å². The van der Waals surface area contributed by atoms with E-state index in [-0.39, 0.29) is 5.57 Å². The zero-order chi connectivity index (χ0) is 19.1. The lowest BCUT2D eigenvalue weighted by atomic mass is 10.0. The number of hydrogen-bond donors (Lipinski definition) is 1. The van der Waals surface area contributed by atoms with Gasteiger partial charge in [0.25, 0.3) is 5.91 Å². The van der Waals surface area contributed by atoms with E-state index in [1.54, 1.807) is 37.5 Å². The molecule has 0 aliphatic carbocycles. The first-order chi connectivity index (χ1) is 13.2. The summed E-state index contributed by atoms with van der Waals surface area (Å²) in [5.41, 5.74) is 3.62. The number of amides is 1. The highest BCUT2D eigenvalue weighted by Crippen LogP contribution is 2.21. The summed E-state index contributed by atoms with van der Waals surface area (Å²) >= 11 is 0. The Bertz CT molecular complexity index is 983. The van der Waals surface area contributed by atoms with Gasteiger partial charge in [0.05, 0.1) is 7.11 Å². The number of anilines is 1. The van der Waals surface area contributed by atoms with Crippen molar-refractivity contribution in [3.63, 3.8) is 0 Å². The van der Waals surface area contributed by atoms with Crippen molar-refractivity contribution in [2.45, 2.75) is 0 Å². The highest BCUT2D eigenvalue weighted by atomic mass is 16.5. The van der Waals surface area contributed by atoms with Gasteiger partial charge >= 0.3 is 0 Å². The van der Waals surface area contributed by atoms with Gasteiger partial charge in [-0.2, -0.15) is 5.26 Å². The molecule has 3 aromatic carbocycles. The molecule has 0 aromatic heterocycles. The monoisotopic (exact) mass is 354 g/mol. The molecule has 0 spiro atoms. The number of nitriles is 1. The molecule has 0 fully saturated rings. The second kappa shape index (κ2) is 8.50. The summed E-state index contributed by atoms with van der Waals surface area (Å²) in [6, 6.07) is 26.6. The largest absolute Gasteiger partial charge is 0.497 e. The van der Waals surface area contributed by atoms with Crippen LogP contribution in [-0.4, -0.2) is 13.0 Å². The molecule has 0 aliphatic rings. The van der Waals surface area contributed by atoms with Crippen molar-refractivity contribution in [2.24, 2.45) is 0 Å². The van der Waals surface area contributed by atoms with Gasteiger partial charge < -0.3 is 10.1 Å². The normalized spacial score (nSPS) is 10.7. The lowest BCUT2D eigenvalue weighted by Gasteiger charge is -2.06. The molecule has 0 unspecified atom stereocenters. The van der Waals surface area contributed by atoms with Crippen LogP contribution in [0.1, 0.15) is 5.56 Å². The minimum atomic E-state index is -0.449. The molecule has 0 saturated carbocycles. The molecule has 4 heteroatoms. The molecule has 0 radical (unpaired) electrons. The zero-order valence-corrected chi connectivity index (χ0v) is 14.8. The van der Waals surface area contributed by atoms with Crippen LogP contribution in [0.2, 0.25) is 0 Å². The third-order valence-electron chi connectivity index (χ3n) is 4.04. The van der Waals surface area contributed by atoms with Crippen molar-refractivity contribution in [3.05, 3.63) is 90.0 Å². The maximum atomic E-state index is 12.4. The maximum absolute atomic E-state index is 12.4. The molecule has 132 valence electrons. The van der Waals surface area contributed by atoms with Crippen molar-refractivity contribution in [3.8, 4) is 22.9 Å². The predicted molar refractivity (Wildman–Crippen MR) is 107 cm³/mol. The maximum Gasteiger partial charge on any atom is 0.266 e. The predicted octanol–water partition coefficient (Wildman–Crippen LogP) is 4.91. The van der Waals surface area contributed by atoms with Crippen molar-refractivity contribution >= 4 is 17.7 Å². The van der Waals surface area contributed by atoms with E-state index in [9.17, 15) is 10.1 Å². The number of nitrogens with one attached hydrogen (secondary N) is 1. The van der Waals surface area contributed by atoms with Gasteiger partial charge in [-0.15, -0.1) is 0 Å². The average molecular weight is 354 g/mol. The van der Waals surface area contributed by atoms with E-state index in [4.69, 9.17) is 4.74 Å². The minimum absolute atomic E-state index is 0.0401. The summed E-state index contributed by atoms with van der Waals surface area (Å²) < 4.78 is 5.09. The zero-order valence-electron chi connectivity index (χ0n) is 14.8. The summed E-state index contributed by atoms with van der Waals surface area (Å²) in [7, 11) is 1.58. The molecule has 1 amide bonds. The SMILES string of the molecule is COc1ccc(NC(=O)C(C#N)=Cc2ccc(-c3ccccc3)cc2)cc1. The Hall–Kier alpha value is -3.84. The fourth-order valence-corrected chi connectivity index (χ4v) is 2.59. The van der Waals surface area contributed by atoms with E-state index in [1.165, 1.54) is 0 Å². The molecule has 27 heavy (non-hydrogen) atoms. The van der Waals surface area contributed by atoms with Crippen LogP contribution in [-0.2, 0) is 4.79 Å². The standard InChI is InChI=1S/C23H18N2O2/c1-27-22-13-11-21(12-14-22)25-23(26)20(16-24)15-17-7-9-19(10-8-17)18-5-3-2-4-6-18/h2-15H,1H3,(H,25,26). The number of carbonyl (C=O) groups excluding carboxylic acids is 1. The number of rotatable bonds is 5. The van der Waals surface area contributed by atoms with Crippen molar-refractivity contribution < 1.29 is 9.53 Å².